The van der Waals surface area contributed by atoms with Gasteiger partial charge < -0.3 is 4.74 Å². The van der Waals surface area contributed by atoms with E-state index in [1.54, 1.807) is 29.2 Å². The summed E-state index contributed by atoms with van der Waals surface area (Å²) in [6.45, 7) is 0. The van der Waals surface area contributed by atoms with Crippen LogP contribution in [0.25, 0.3) is 16.0 Å². The molecule has 0 atom stereocenters. The average Bonchev–Trinajstić information content (AvgIpc) is 3.03. The lowest BCUT2D eigenvalue weighted by molar-refractivity contribution is 0.0600. The number of thiazole rings is 1. The molecule has 0 fully saturated rings. The van der Waals surface area contributed by atoms with E-state index in [0.29, 0.717) is 10.0 Å². The summed E-state index contributed by atoms with van der Waals surface area (Å²) in [4.78, 5) is 16.3. The van der Waals surface area contributed by atoms with Crippen molar-refractivity contribution in [3.05, 3.63) is 40.8 Å². The van der Waals surface area contributed by atoms with Crippen LogP contribution in [0.5, 0.6) is 0 Å². The summed E-state index contributed by atoms with van der Waals surface area (Å²) in [7, 11) is 1.33. The largest absolute Gasteiger partial charge is 0.464 e. The molecule has 3 aromatic heterocycles. The lowest BCUT2D eigenvalue weighted by Gasteiger charge is -1.96. The zero-order valence-electron chi connectivity index (χ0n) is 9.83. The van der Waals surface area contributed by atoms with Crippen LogP contribution in [0.3, 0.4) is 0 Å². The van der Waals surface area contributed by atoms with Gasteiger partial charge in [0.05, 0.1) is 23.7 Å². The molecule has 3 rings (SSSR count). The van der Waals surface area contributed by atoms with E-state index in [1.165, 1.54) is 18.4 Å². The Morgan fingerprint density at radius 1 is 1.47 bits per heavy atom. The minimum Gasteiger partial charge on any atom is -0.464 e. The standard InChI is InChI=1S/C12H8ClN3O2S/c1-18-12(17)11-14-6-10(19-11)8-5-15-16-3-2-7(13)4-9(8)16/h2-6H,1H3. The predicted octanol–water partition coefficient (Wildman–Crippen LogP) is 2.90. The van der Waals surface area contributed by atoms with Crippen molar-refractivity contribution in [2.45, 2.75) is 0 Å². The summed E-state index contributed by atoms with van der Waals surface area (Å²) in [6.07, 6.45) is 5.14. The molecule has 0 bridgehead atoms. The molecule has 0 aliphatic heterocycles. The number of methoxy groups -OCH3 is 1. The Balaban J connectivity index is 2.11. The van der Waals surface area contributed by atoms with Crippen molar-refractivity contribution in [3.8, 4) is 10.4 Å². The molecular weight excluding hydrogens is 286 g/mol. The van der Waals surface area contributed by atoms with Crippen LogP contribution in [-0.4, -0.2) is 27.7 Å². The topological polar surface area (TPSA) is 56.5 Å². The van der Waals surface area contributed by atoms with Crippen LogP contribution in [0.1, 0.15) is 9.80 Å². The van der Waals surface area contributed by atoms with Gasteiger partial charge in [-0.15, -0.1) is 11.3 Å². The van der Waals surface area contributed by atoms with Gasteiger partial charge in [0.15, 0.2) is 0 Å². The van der Waals surface area contributed by atoms with Gasteiger partial charge in [-0.05, 0) is 12.1 Å². The second-order valence-electron chi connectivity index (χ2n) is 3.75. The zero-order chi connectivity index (χ0) is 13.4. The van der Waals surface area contributed by atoms with Gasteiger partial charge in [0.1, 0.15) is 0 Å². The van der Waals surface area contributed by atoms with Crippen LogP contribution in [0, 0.1) is 0 Å². The van der Waals surface area contributed by atoms with Crippen LogP contribution in [0.4, 0.5) is 0 Å². The van der Waals surface area contributed by atoms with Crippen molar-refractivity contribution < 1.29 is 9.53 Å². The molecule has 0 unspecified atom stereocenters. The molecule has 3 heterocycles. The molecule has 0 saturated carbocycles. The molecule has 5 nitrogen and oxygen atoms in total. The van der Waals surface area contributed by atoms with E-state index in [-0.39, 0.29) is 0 Å². The number of ether oxygens (including phenoxy) is 1. The number of nitrogens with zero attached hydrogens (tertiary/aromatic N) is 3. The zero-order valence-corrected chi connectivity index (χ0v) is 11.4. The molecule has 0 aliphatic carbocycles. The highest BCUT2D eigenvalue weighted by Gasteiger charge is 2.15. The quantitative estimate of drug-likeness (QED) is 0.682. The molecule has 0 spiro atoms. The van der Waals surface area contributed by atoms with Crippen molar-refractivity contribution in [1.82, 2.24) is 14.6 Å². The number of halogens is 1. The van der Waals surface area contributed by atoms with Crippen LogP contribution >= 0.6 is 22.9 Å². The monoisotopic (exact) mass is 293 g/mol. The van der Waals surface area contributed by atoms with Gasteiger partial charge in [-0.3, -0.25) is 0 Å². The van der Waals surface area contributed by atoms with Crippen LogP contribution in [0.2, 0.25) is 5.02 Å². The highest BCUT2D eigenvalue weighted by Crippen LogP contribution is 2.30. The van der Waals surface area contributed by atoms with E-state index in [1.807, 2.05) is 6.07 Å². The fourth-order valence-electron chi connectivity index (χ4n) is 1.73. The predicted molar refractivity (Wildman–Crippen MR) is 72.6 cm³/mol. The average molecular weight is 294 g/mol. The summed E-state index contributed by atoms with van der Waals surface area (Å²) < 4.78 is 6.36. The number of hydrogen-bond acceptors (Lipinski definition) is 5. The highest BCUT2D eigenvalue weighted by molar-refractivity contribution is 7.17. The number of esters is 1. The highest BCUT2D eigenvalue weighted by atomic mass is 35.5. The van der Waals surface area contributed by atoms with Gasteiger partial charge in [0.2, 0.25) is 5.01 Å². The van der Waals surface area contributed by atoms with Gasteiger partial charge in [0, 0.05) is 23.0 Å². The summed E-state index contributed by atoms with van der Waals surface area (Å²) in [5.41, 5.74) is 1.75. The molecule has 0 radical (unpaired) electrons. The Labute approximate surface area is 117 Å². The third-order valence-electron chi connectivity index (χ3n) is 2.61. The van der Waals surface area contributed by atoms with E-state index in [9.17, 15) is 4.79 Å². The number of carbonyl (C=O) groups excluding carboxylic acids is 1. The number of fused-ring (bicyclic) bond motifs is 1. The van der Waals surface area contributed by atoms with Crippen molar-refractivity contribution in [1.29, 1.82) is 0 Å². The second-order valence-corrected chi connectivity index (χ2v) is 5.22. The first kappa shape index (κ1) is 12.1. The Morgan fingerprint density at radius 2 is 2.32 bits per heavy atom. The summed E-state index contributed by atoms with van der Waals surface area (Å²) in [6, 6.07) is 3.58. The normalized spacial score (nSPS) is 10.8. The van der Waals surface area contributed by atoms with Crippen LogP contribution in [-0.2, 0) is 4.74 Å². The minimum atomic E-state index is -0.439. The molecular formula is C12H8ClN3O2S. The van der Waals surface area contributed by atoms with E-state index >= 15 is 0 Å². The summed E-state index contributed by atoms with van der Waals surface area (Å²) in [5, 5.41) is 5.18. The van der Waals surface area contributed by atoms with Gasteiger partial charge in [-0.25, -0.2) is 14.3 Å². The Kier molecular flexibility index (Phi) is 2.96. The van der Waals surface area contributed by atoms with Gasteiger partial charge in [-0.1, -0.05) is 11.6 Å². The van der Waals surface area contributed by atoms with Gasteiger partial charge >= 0.3 is 5.97 Å². The molecule has 0 amide bonds. The van der Waals surface area contributed by atoms with Crippen LogP contribution < -0.4 is 0 Å². The fourth-order valence-corrected chi connectivity index (χ4v) is 2.74. The number of pyridine rings is 1. The minimum absolute atomic E-state index is 0.318. The number of hydrogen-bond donors (Lipinski definition) is 0. The second kappa shape index (κ2) is 4.64. The third-order valence-corrected chi connectivity index (χ3v) is 3.86. The first-order chi connectivity index (χ1) is 9.19. The molecule has 0 N–H and O–H groups in total. The SMILES string of the molecule is COC(=O)c1ncc(-c2cnn3ccc(Cl)cc23)s1. The number of rotatable bonds is 2. The number of carbonyl (C=O) groups is 1. The molecule has 7 heteroatoms. The third kappa shape index (κ3) is 2.09. The fraction of sp³-hybridized carbons (Fsp3) is 0.0833. The summed E-state index contributed by atoms with van der Waals surface area (Å²) in [5.74, 6) is -0.439. The molecule has 96 valence electrons. The smallest absolute Gasteiger partial charge is 0.367 e. The maximum Gasteiger partial charge on any atom is 0.367 e. The van der Waals surface area contributed by atoms with E-state index in [2.05, 4.69) is 14.8 Å². The lowest BCUT2D eigenvalue weighted by atomic mass is 10.2. The Morgan fingerprint density at radius 3 is 3.11 bits per heavy atom. The van der Waals surface area contributed by atoms with Gasteiger partial charge in [0.25, 0.3) is 0 Å². The first-order valence-electron chi connectivity index (χ1n) is 5.36. The molecule has 19 heavy (non-hydrogen) atoms. The number of aromatic nitrogens is 3. The van der Waals surface area contributed by atoms with Crippen molar-refractivity contribution >= 4 is 34.4 Å². The van der Waals surface area contributed by atoms with E-state index in [0.717, 1.165) is 16.0 Å². The van der Waals surface area contributed by atoms with Crippen LogP contribution in [0.15, 0.2) is 30.7 Å². The maximum absolute atomic E-state index is 11.4. The van der Waals surface area contributed by atoms with Crippen molar-refractivity contribution in [2.75, 3.05) is 7.11 Å². The van der Waals surface area contributed by atoms with Gasteiger partial charge in [-0.2, -0.15) is 5.10 Å². The molecule has 0 saturated heterocycles. The lowest BCUT2D eigenvalue weighted by Crippen LogP contribution is -1.98. The maximum atomic E-state index is 11.4. The van der Waals surface area contributed by atoms with E-state index < -0.39 is 5.97 Å². The van der Waals surface area contributed by atoms with Crippen molar-refractivity contribution in [2.24, 2.45) is 0 Å². The van der Waals surface area contributed by atoms with Crippen molar-refractivity contribution in [3.63, 3.8) is 0 Å². The Hall–Kier alpha value is -1.92. The molecule has 0 aliphatic rings. The molecule has 0 aromatic carbocycles. The molecule has 3 aromatic rings. The Bertz CT molecular complexity index is 765. The summed E-state index contributed by atoms with van der Waals surface area (Å²) >= 11 is 7.25. The van der Waals surface area contributed by atoms with E-state index in [4.69, 9.17) is 11.6 Å². The first-order valence-corrected chi connectivity index (χ1v) is 6.56.